The summed E-state index contributed by atoms with van der Waals surface area (Å²) in [6, 6.07) is 5.89. The number of benzene rings is 1. The third-order valence-electron chi connectivity index (χ3n) is 5.53. The standard InChI is InChI=1S/C32H55NO15/c1-32(2,3)48-31(34)28-46-25-24-44-21-20-42-17-16-40-13-12-38-9-8-37-10-11-39-14-15-41-18-19-43-22-23-45-26-27-47-30-6-4-29(5-7-30)33(35)36/h4-7H,8-28H2,1-3H3. The van der Waals surface area contributed by atoms with Gasteiger partial charge in [-0.05, 0) is 32.9 Å². The maximum absolute atomic E-state index is 11.5. The summed E-state index contributed by atoms with van der Waals surface area (Å²) >= 11 is 0. The summed E-state index contributed by atoms with van der Waals surface area (Å²) in [5, 5.41) is 10.6. The van der Waals surface area contributed by atoms with Gasteiger partial charge in [0, 0.05) is 12.1 Å². The molecule has 0 unspecified atom stereocenters. The number of non-ortho nitro benzene ring substituents is 1. The molecule has 0 saturated carbocycles. The van der Waals surface area contributed by atoms with Crippen LogP contribution in [0, 0.1) is 10.1 Å². The molecule has 16 nitrogen and oxygen atoms in total. The number of hydrogen-bond acceptors (Lipinski definition) is 15. The van der Waals surface area contributed by atoms with Crippen LogP contribution in [0.15, 0.2) is 24.3 Å². The summed E-state index contributed by atoms with van der Waals surface area (Å²) in [4.78, 5) is 21.7. The zero-order chi connectivity index (χ0) is 35.0. The minimum absolute atomic E-state index is 0.0218. The van der Waals surface area contributed by atoms with Crippen LogP contribution in [0.4, 0.5) is 5.69 Å². The molecule has 1 aromatic rings. The van der Waals surface area contributed by atoms with E-state index in [1.165, 1.54) is 12.1 Å². The summed E-state index contributed by atoms with van der Waals surface area (Å²) < 4.78 is 64.8. The topological polar surface area (TPSA) is 171 Å². The van der Waals surface area contributed by atoms with E-state index in [-0.39, 0.29) is 12.3 Å². The van der Waals surface area contributed by atoms with Crippen molar-refractivity contribution in [2.45, 2.75) is 26.4 Å². The van der Waals surface area contributed by atoms with Gasteiger partial charge in [0.2, 0.25) is 0 Å². The molecule has 0 bridgehead atoms. The van der Waals surface area contributed by atoms with Crippen LogP contribution < -0.4 is 4.74 Å². The van der Waals surface area contributed by atoms with Crippen LogP contribution in [-0.4, -0.2) is 155 Å². The lowest BCUT2D eigenvalue weighted by Gasteiger charge is -2.19. The van der Waals surface area contributed by atoms with Crippen molar-refractivity contribution < 1.29 is 66.6 Å². The summed E-state index contributed by atoms with van der Waals surface area (Å²) in [5.74, 6) is 0.158. The molecule has 0 aliphatic rings. The van der Waals surface area contributed by atoms with Crippen molar-refractivity contribution in [2.24, 2.45) is 0 Å². The number of carbonyl (C=O) groups excluding carboxylic acids is 1. The maximum Gasteiger partial charge on any atom is 0.332 e. The molecular formula is C32H55NO15. The van der Waals surface area contributed by atoms with Crippen LogP contribution >= 0.6 is 0 Å². The number of rotatable bonds is 34. The van der Waals surface area contributed by atoms with Gasteiger partial charge in [-0.15, -0.1) is 0 Å². The first kappa shape index (κ1) is 43.5. The van der Waals surface area contributed by atoms with Crippen LogP contribution in [0.25, 0.3) is 0 Å². The summed E-state index contributed by atoms with van der Waals surface area (Å²) in [6.45, 7) is 14.1. The van der Waals surface area contributed by atoms with Gasteiger partial charge in [0.15, 0.2) is 0 Å². The first-order valence-electron chi connectivity index (χ1n) is 16.1. The number of hydrogen-bond donors (Lipinski definition) is 0. The molecule has 0 aliphatic heterocycles. The molecule has 16 heteroatoms. The molecule has 1 aromatic carbocycles. The lowest BCUT2D eigenvalue weighted by molar-refractivity contribution is -0.384. The lowest BCUT2D eigenvalue weighted by atomic mass is 10.2. The highest BCUT2D eigenvalue weighted by molar-refractivity contribution is 5.71. The van der Waals surface area contributed by atoms with Crippen molar-refractivity contribution in [3.63, 3.8) is 0 Å². The van der Waals surface area contributed by atoms with E-state index in [0.29, 0.717) is 138 Å². The molecule has 0 aromatic heterocycles. The van der Waals surface area contributed by atoms with E-state index < -0.39 is 16.5 Å². The van der Waals surface area contributed by atoms with Gasteiger partial charge in [0.05, 0.1) is 130 Å². The minimum atomic E-state index is -0.517. The smallest absolute Gasteiger partial charge is 0.332 e. The van der Waals surface area contributed by atoms with Crippen molar-refractivity contribution in [1.29, 1.82) is 0 Å². The zero-order valence-corrected chi connectivity index (χ0v) is 28.7. The molecule has 0 spiro atoms. The van der Waals surface area contributed by atoms with E-state index in [1.54, 1.807) is 12.1 Å². The lowest BCUT2D eigenvalue weighted by Crippen LogP contribution is -2.27. The predicted molar refractivity (Wildman–Crippen MR) is 173 cm³/mol. The Morgan fingerprint density at radius 2 is 0.812 bits per heavy atom. The number of carbonyl (C=O) groups is 1. The molecule has 0 radical (unpaired) electrons. The van der Waals surface area contributed by atoms with Crippen molar-refractivity contribution in [2.75, 3.05) is 139 Å². The first-order valence-corrected chi connectivity index (χ1v) is 16.1. The number of nitrogens with zero attached hydrogens (tertiary/aromatic N) is 1. The Bertz CT molecular complexity index is 898. The van der Waals surface area contributed by atoms with E-state index in [0.717, 1.165) is 0 Å². The van der Waals surface area contributed by atoms with E-state index >= 15 is 0 Å². The van der Waals surface area contributed by atoms with E-state index in [1.807, 2.05) is 20.8 Å². The molecule has 0 amide bonds. The Hall–Kier alpha value is -2.51. The second-order valence-electron chi connectivity index (χ2n) is 10.7. The fraction of sp³-hybridized carbons (Fsp3) is 0.781. The Morgan fingerprint density at radius 1 is 0.521 bits per heavy atom. The molecule has 278 valence electrons. The Kier molecular flexibility index (Phi) is 27.7. The molecule has 0 heterocycles. The second kappa shape index (κ2) is 30.5. The fourth-order valence-electron chi connectivity index (χ4n) is 3.39. The average molecular weight is 694 g/mol. The Morgan fingerprint density at radius 3 is 1.10 bits per heavy atom. The summed E-state index contributed by atoms with van der Waals surface area (Å²) in [7, 11) is 0. The van der Waals surface area contributed by atoms with Crippen LogP contribution in [0.5, 0.6) is 5.75 Å². The third kappa shape index (κ3) is 29.6. The van der Waals surface area contributed by atoms with Crippen molar-refractivity contribution in [1.82, 2.24) is 0 Å². The van der Waals surface area contributed by atoms with Gasteiger partial charge in [0.1, 0.15) is 24.6 Å². The van der Waals surface area contributed by atoms with Gasteiger partial charge >= 0.3 is 5.97 Å². The number of esters is 1. The molecule has 1 rings (SSSR count). The highest BCUT2D eigenvalue weighted by Crippen LogP contribution is 2.17. The molecule has 0 atom stereocenters. The minimum Gasteiger partial charge on any atom is -0.491 e. The summed E-state index contributed by atoms with van der Waals surface area (Å²) in [5.41, 5.74) is -0.495. The maximum atomic E-state index is 11.5. The van der Waals surface area contributed by atoms with Crippen LogP contribution in [-0.2, 0) is 56.9 Å². The first-order chi connectivity index (χ1) is 23.3. The van der Waals surface area contributed by atoms with Gasteiger partial charge in [-0.1, -0.05) is 0 Å². The largest absolute Gasteiger partial charge is 0.491 e. The summed E-state index contributed by atoms with van der Waals surface area (Å²) in [6.07, 6.45) is 0. The van der Waals surface area contributed by atoms with Gasteiger partial charge in [-0.3, -0.25) is 10.1 Å². The molecular weight excluding hydrogens is 638 g/mol. The van der Waals surface area contributed by atoms with E-state index in [2.05, 4.69) is 0 Å². The molecule has 48 heavy (non-hydrogen) atoms. The van der Waals surface area contributed by atoms with Crippen LogP contribution in [0.3, 0.4) is 0 Å². The Balaban J connectivity index is 1.67. The van der Waals surface area contributed by atoms with Gasteiger partial charge in [-0.2, -0.15) is 0 Å². The van der Waals surface area contributed by atoms with Gasteiger partial charge in [-0.25, -0.2) is 4.79 Å². The van der Waals surface area contributed by atoms with Crippen LogP contribution in [0.2, 0.25) is 0 Å². The quantitative estimate of drug-likeness (QED) is 0.0446. The monoisotopic (exact) mass is 693 g/mol. The van der Waals surface area contributed by atoms with Gasteiger partial charge < -0.3 is 56.8 Å². The number of nitro benzene ring substituents is 1. The van der Waals surface area contributed by atoms with Crippen molar-refractivity contribution >= 4 is 11.7 Å². The van der Waals surface area contributed by atoms with Crippen LogP contribution in [0.1, 0.15) is 20.8 Å². The highest BCUT2D eigenvalue weighted by Gasteiger charge is 2.15. The average Bonchev–Trinajstić information content (AvgIpc) is 3.04. The number of nitro groups is 1. The Labute approximate surface area is 283 Å². The second-order valence-corrected chi connectivity index (χ2v) is 10.7. The zero-order valence-electron chi connectivity index (χ0n) is 28.7. The molecule has 0 fully saturated rings. The fourth-order valence-corrected chi connectivity index (χ4v) is 3.39. The van der Waals surface area contributed by atoms with Crippen molar-refractivity contribution in [3.8, 4) is 5.75 Å². The highest BCUT2D eigenvalue weighted by atomic mass is 16.6. The molecule has 0 aliphatic carbocycles. The number of ether oxygens (including phenoxy) is 12. The third-order valence-corrected chi connectivity index (χ3v) is 5.53. The predicted octanol–water partition coefficient (Wildman–Crippen LogP) is 2.48. The molecule has 0 N–H and O–H groups in total. The van der Waals surface area contributed by atoms with E-state index in [9.17, 15) is 14.9 Å². The van der Waals surface area contributed by atoms with E-state index in [4.69, 9.17) is 56.8 Å². The van der Waals surface area contributed by atoms with Gasteiger partial charge in [0.25, 0.3) is 5.69 Å². The molecule has 0 saturated heterocycles. The normalized spacial score (nSPS) is 11.6. The SMILES string of the molecule is CC(C)(C)OC(=O)COCCOCCOCCOCCOCCOCCOCCOCCOCCOCCOc1ccc([N+](=O)[O-])cc1. The van der Waals surface area contributed by atoms with Crippen molar-refractivity contribution in [3.05, 3.63) is 34.4 Å².